The quantitative estimate of drug-likeness (QED) is 0.199. The van der Waals surface area contributed by atoms with Gasteiger partial charge in [-0.25, -0.2) is 0 Å². The molecule has 0 aliphatic carbocycles. The second-order valence-corrected chi connectivity index (χ2v) is 10.9. The highest BCUT2D eigenvalue weighted by atomic mass is 16.3. The van der Waals surface area contributed by atoms with Crippen LogP contribution in [-0.2, 0) is 0 Å². The Morgan fingerprint density at radius 2 is 0.953 bits per heavy atom. The largest absolute Gasteiger partial charge is 0.456 e. The lowest BCUT2D eigenvalue weighted by Gasteiger charge is -2.19. The summed E-state index contributed by atoms with van der Waals surface area (Å²) in [4.78, 5) is 0. The molecular weight excluding hydrogens is 520 g/mol. The van der Waals surface area contributed by atoms with Crippen LogP contribution in [0.15, 0.2) is 162 Å². The van der Waals surface area contributed by atoms with E-state index in [1.807, 2.05) is 54.6 Å². The molecule has 0 fully saturated rings. The van der Waals surface area contributed by atoms with Gasteiger partial charge in [0.05, 0.1) is 6.85 Å². The summed E-state index contributed by atoms with van der Waals surface area (Å²) in [5.41, 5.74) is 6.32. The maximum atomic E-state index is 8.77. The Morgan fingerprint density at radius 1 is 0.395 bits per heavy atom. The standard InChI is InChI=1S/C42H26O/c1-2-12-27(13-3-1)31-16-6-7-17-33(31)42-36-20-10-8-18-34(36)41(35-19-9-11-21-37(35)42)30-22-23-32-38-24-28-14-4-5-15-29(28)25-40(38)43-39(32)26-30/h1-26H/i1D,2D,3D,12D,13D. The first-order chi connectivity index (χ1) is 23.4. The van der Waals surface area contributed by atoms with Crippen molar-refractivity contribution in [1.29, 1.82) is 0 Å². The van der Waals surface area contributed by atoms with Gasteiger partial charge in [0.1, 0.15) is 11.2 Å². The molecule has 0 saturated heterocycles. The molecule has 0 aliphatic heterocycles. The minimum Gasteiger partial charge on any atom is -0.456 e. The highest BCUT2D eigenvalue weighted by Gasteiger charge is 2.19. The van der Waals surface area contributed by atoms with Gasteiger partial charge in [-0.05, 0) is 90.0 Å². The van der Waals surface area contributed by atoms with Crippen LogP contribution in [0, 0.1) is 0 Å². The van der Waals surface area contributed by atoms with Crippen LogP contribution in [0.2, 0.25) is 0 Å². The topological polar surface area (TPSA) is 13.1 Å². The van der Waals surface area contributed by atoms with Crippen molar-refractivity contribution in [3.05, 3.63) is 158 Å². The molecule has 0 aliphatic rings. The predicted octanol–water partition coefficient (Wildman–Crippen LogP) is 12.0. The van der Waals surface area contributed by atoms with Crippen LogP contribution in [0.3, 0.4) is 0 Å². The molecule has 1 nitrogen and oxygen atoms in total. The SMILES string of the molecule is [2H]c1c([2H])c([2H])c(-c2ccccc2-c2c3ccccc3c(-c3ccc4c(c3)oc3cc5ccccc5cc34)c3ccccc23)c([2H])c1[2H]. The number of furan rings is 1. The van der Waals surface area contributed by atoms with E-state index in [1.54, 1.807) is 0 Å². The van der Waals surface area contributed by atoms with Gasteiger partial charge in [-0.1, -0.05) is 133 Å². The van der Waals surface area contributed by atoms with Crippen molar-refractivity contribution in [2.75, 3.05) is 0 Å². The normalized spacial score (nSPS) is 13.3. The van der Waals surface area contributed by atoms with Gasteiger partial charge in [-0.3, -0.25) is 0 Å². The Balaban J connectivity index is 1.34. The lowest BCUT2D eigenvalue weighted by Crippen LogP contribution is -1.92. The Kier molecular flexibility index (Phi) is 4.27. The van der Waals surface area contributed by atoms with Gasteiger partial charge in [0.15, 0.2) is 0 Å². The summed E-state index contributed by atoms with van der Waals surface area (Å²) >= 11 is 0. The summed E-state index contributed by atoms with van der Waals surface area (Å²) in [6, 6.07) is 41.7. The van der Waals surface area contributed by atoms with E-state index in [9.17, 15) is 0 Å². The van der Waals surface area contributed by atoms with Crippen LogP contribution in [0.4, 0.5) is 0 Å². The molecule has 0 atom stereocenters. The molecule has 9 rings (SSSR count). The van der Waals surface area contributed by atoms with Gasteiger partial charge in [0, 0.05) is 10.8 Å². The van der Waals surface area contributed by atoms with E-state index >= 15 is 0 Å². The lowest BCUT2D eigenvalue weighted by atomic mass is 9.84. The van der Waals surface area contributed by atoms with Crippen LogP contribution in [0.1, 0.15) is 6.85 Å². The number of benzene rings is 8. The van der Waals surface area contributed by atoms with Crippen molar-refractivity contribution in [3.8, 4) is 33.4 Å². The average Bonchev–Trinajstić information content (AvgIpc) is 3.48. The van der Waals surface area contributed by atoms with Crippen LogP contribution >= 0.6 is 0 Å². The fourth-order valence-corrected chi connectivity index (χ4v) is 6.65. The van der Waals surface area contributed by atoms with Crippen molar-refractivity contribution in [3.63, 3.8) is 0 Å². The zero-order valence-electron chi connectivity index (χ0n) is 28.0. The Bertz CT molecular complexity index is 2710. The summed E-state index contributed by atoms with van der Waals surface area (Å²) in [7, 11) is 0. The second kappa shape index (κ2) is 9.44. The van der Waals surface area contributed by atoms with E-state index in [4.69, 9.17) is 11.3 Å². The van der Waals surface area contributed by atoms with E-state index in [0.29, 0.717) is 5.56 Å². The minimum atomic E-state index is -0.402. The van der Waals surface area contributed by atoms with Gasteiger partial charge in [0.25, 0.3) is 0 Å². The summed E-state index contributed by atoms with van der Waals surface area (Å²) < 4.78 is 48.9. The molecule has 0 spiro atoms. The Morgan fingerprint density at radius 3 is 1.65 bits per heavy atom. The highest BCUT2D eigenvalue weighted by molar-refractivity contribution is 6.23. The van der Waals surface area contributed by atoms with E-state index in [-0.39, 0.29) is 29.7 Å². The highest BCUT2D eigenvalue weighted by Crippen LogP contribution is 2.46. The molecule has 43 heavy (non-hydrogen) atoms. The molecular formula is C42H26O. The van der Waals surface area contributed by atoms with Crippen LogP contribution in [-0.4, -0.2) is 0 Å². The first-order valence-electron chi connectivity index (χ1n) is 16.9. The molecule has 0 bridgehead atoms. The van der Waals surface area contributed by atoms with Crippen LogP contribution < -0.4 is 0 Å². The number of fused-ring (bicyclic) bond motifs is 6. The van der Waals surface area contributed by atoms with E-state index < -0.39 is 6.04 Å². The molecule has 0 saturated carbocycles. The van der Waals surface area contributed by atoms with E-state index in [1.165, 1.54) is 5.39 Å². The number of rotatable bonds is 3. The predicted molar refractivity (Wildman–Crippen MR) is 183 cm³/mol. The molecule has 0 radical (unpaired) electrons. The molecule has 0 N–H and O–H groups in total. The molecule has 8 aromatic carbocycles. The second-order valence-electron chi connectivity index (χ2n) is 10.9. The van der Waals surface area contributed by atoms with Crippen molar-refractivity contribution in [2.45, 2.75) is 0 Å². The zero-order chi connectivity index (χ0) is 32.7. The monoisotopic (exact) mass is 551 g/mol. The third-order valence-corrected chi connectivity index (χ3v) is 8.53. The molecule has 9 aromatic rings. The maximum absolute atomic E-state index is 8.77. The van der Waals surface area contributed by atoms with Crippen molar-refractivity contribution < 1.29 is 11.3 Å². The maximum Gasteiger partial charge on any atom is 0.136 e. The molecule has 0 amide bonds. The zero-order valence-corrected chi connectivity index (χ0v) is 23.0. The van der Waals surface area contributed by atoms with Crippen LogP contribution in [0.25, 0.3) is 87.6 Å². The smallest absolute Gasteiger partial charge is 0.136 e. The lowest BCUT2D eigenvalue weighted by molar-refractivity contribution is 0.669. The Labute approximate surface area is 256 Å². The summed E-state index contributed by atoms with van der Waals surface area (Å²) in [6.07, 6.45) is 0. The van der Waals surface area contributed by atoms with E-state index in [2.05, 4.69) is 72.8 Å². The van der Waals surface area contributed by atoms with Gasteiger partial charge >= 0.3 is 0 Å². The third kappa shape index (κ3) is 3.72. The first-order valence-corrected chi connectivity index (χ1v) is 14.4. The summed E-state index contributed by atoms with van der Waals surface area (Å²) in [5.74, 6) is 0. The third-order valence-electron chi connectivity index (χ3n) is 8.53. The summed E-state index contributed by atoms with van der Waals surface area (Å²) in [5, 5.41) is 8.56. The van der Waals surface area contributed by atoms with Gasteiger partial charge < -0.3 is 4.42 Å². The van der Waals surface area contributed by atoms with Gasteiger partial charge in [-0.2, -0.15) is 0 Å². The fourth-order valence-electron chi connectivity index (χ4n) is 6.65. The van der Waals surface area contributed by atoms with Crippen molar-refractivity contribution in [1.82, 2.24) is 0 Å². The average molecular weight is 552 g/mol. The van der Waals surface area contributed by atoms with Gasteiger partial charge in [-0.15, -0.1) is 0 Å². The Hall–Kier alpha value is -5.66. The first kappa shape index (κ1) is 19.5. The molecule has 1 heteroatoms. The van der Waals surface area contributed by atoms with Crippen LogP contribution in [0.5, 0.6) is 0 Å². The fraction of sp³-hybridized carbons (Fsp3) is 0. The van der Waals surface area contributed by atoms with Gasteiger partial charge in [0.2, 0.25) is 0 Å². The van der Waals surface area contributed by atoms with Crippen molar-refractivity contribution in [2.24, 2.45) is 0 Å². The van der Waals surface area contributed by atoms with Crippen molar-refractivity contribution >= 4 is 54.3 Å². The van der Waals surface area contributed by atoms with E-state index in [0.717, 1.165) is 71.1 Å². The number of hydrogen-bond acceptors (Lipinski definition) is 1. The summed E-state index contributed by atoms with van der Waals surface area (Å²) in [6.45, 7) is 0. The molecule has 0 unspecified atom stereocenters. The molecule has 1 aromatic heterocycles. The molecule has 200 valence electrons. The minimum absolute atomic E-state index is 0.192. The molecule has 1 heterocycles. The number of hydrogen-bond donors (Lipinski definition) is 0.